The molecule has 1 saturated carbocycles. The first-order valence-electron chi connectivity index (χ1n) is 8.53. The number of hydrogen-bond acceptors (Lipinski definition) is 4. The molecule has 1 unspecified atom stereocenters. The molecule has 0 spiro atoms. The second-order valence-electron chi connectivity index (χ2n) is 6.65. The molecule has 3 nitrogen and oxygen atoms in total. The van der Waals surface area contributed by atoms with Crippen molar-refractivity contribution in [1.29, 1.82) is 5.26 Å². The minimum absolute atomic E-state index is 0.142. The number of rotatable bonds is 6. The molecule has 25 heavy (non-hydrogen) atoms. The monoisotopic (exact) mass is 351 g/mol. The Kier molecular flexibility index (Phi) is 5.45. The summed E-state index contributed by atoms with van der Waals surface area (Å²) in [6.45, 7) is 0.353. The number of nitriles is 1. The minimum Gasteiger partial charge on any atom is -0.461 e. The van der Waals surface area contributed by atoms with Gasteiger partial charge >= 0.3 is 5.97 Å². The molecule has 0 radical (unpaired) electrons. The lowest BCUT2D eigenvalue weighted by molar-refractivity contribution is 0.0417. The summed E-state index contributed by atoms with van der Waals surface area (Å²) in [5.41, 5.74) is 2.54. The third-order valence-electron chi connectivity index (χ3n) is 4.74. The Labute approximate surface area is 154 Å². The highest BCUT2D eigenvalue weighted by Crippen LogP contribution is 2.38. The molecule has 2 aromatic rings. The second-order valence-corrected chi connectivity index (χ2v) is 7.60. The van der Waals surface area contributed by atoms with Crippen LogP contribution in [0, 0.1) is 11.3 Å². The maximum absolute atomic E-state index is 12.2. The molecule has 1 fully saturated rings. The Morgan fingerprint density at radius 3 is 2.40 bits per heavy atom. The van der Waals surface area contributed by atoms with Crippen LogP contribution in [0.4, 0.5) is 0 Å². The maximum atomic E-state index is 12.2. The van der Waals surface area contributed by atoms with Crippen molar-refractivity contribution in [3.05, 3.63) is 71.3 Å². The van der Waals surface area contributed by atoms with Crippen LogP contribution in [-0.2, 0) is 11.2 Å². The first kappa shape index (κ1) is 17.6. The van der Waals surface area contributed by atoms with E-state index in [1.165, 1.54) is 0 Å². The Morgan fingerprint density at radius 1 is 1.16 bits per heavy atom. The molecular formula is C21H21NO2S. The Balaban J connectivity index is 1.62. The van der Waals surface area contributed by atoms with E-state index in [4.69, 9.17) is 4.74 Å². The SMILES string of the molecule is N#CC(Cc1ccccc1)c1ccc(C(=O)OCC2(S)CCC2)cc1. The van der Waals surface area contributed by atoms with Crippen LogP contribution < -0.4 is 0 Å². The molecule has 1 aliphatic carbocycles. The molecule has 1 aliphatic rings. The first-order valence-corrected chi connectivity index (χ1v) is 8.97. The highest BCUT2D eigenvalue weighted by atomic mass is 32.1. The van der Waals surface area contributed by atoms with Crippen LogP contribution in [0.1, 0.15) is 46.7 Å². The van der Waals surface area contributed by atoms with Crippen molar-refractivity contribution >= 4 is 18.6 Å². The van der Waals surface area contributed by atoms with Gasteiger partial charge in [0.2, 0.25) is 0 Å². The van der Waals surface area contributed by atoms with Crippen LogP contribution >= 0.6 is 12.6 Å². The van der Waals surface area contributed by atoms with E-state index in [2.05, 4.69) is 18.7 Å². The average Bonchev–Trinajstić information content (AvgIpc) is 2.63. The van der Waals surface area contributed by atoms with E-state index in [0.717, 1.165) is 30.4 Å². The van der Waals surface area contributed by atoms with Gasteiger partial charge in [0, 0.05) is 4.75 Å². The summed E-state index contributed by atoms with van der Waals surface area (Å²) in [4.78, 5) is 12.2. The quantitative estimate of drug-likeness (QED) is 0.614. The second kappa shape index (κ2) is 7.76. The number of thiol groups is 1. The number of carbonyl (C=O) groups excluding carboxylic acids is 1. The Morgan fingerprint density at radius 2 is 1.84 bits per heavy atom. The molecule has 0 heterocycles. The van der Waals surface area contributed by atoms with Crippen LogP contribution in [0.15, 0.2) is 54.6 Å². The van der Waals surface area contributed by atoms with E-state index >= 15 is 0 Å². The molecular weight excluding hydrogens is 330 g/mol. The zero-order valence-corrected chi connectivity index (χ0v) is 14.9. The van der Waals surface area contributed by atoms with Gasteiger partial charge in [-0.25, -0.2) is 4.79 Å². The third-order valence-corrected chi connectivity index (χ3v) is 5.32. The molecule has 3 rings (SSSR count). The lowest BCUT2D eigenvalue weighted by Gasteiger charge is -2.36. The summed E-state index contributed by atoms with van der Waals surface area (Å²) in [7, 11) is 0. The van der Waals surface area contributed by atoms with Gasteiger partial charge in [-0.05, 0) is 42.5 Å². The lowest BCUT2D eigenvalue weighted by atomic mass is 9.85. The van der Waals surface area contributed by atoms with Crippen LogP contribution in [0.25, 0.3) is 0 Å². The van der Waals surface area contributed by atoms with Crippen molar-refractivity contribution in [1.82, 2.24) is 0 Å². The van der Waals surface area contributed by atoms with E-state index in [1.54, 1.807) is 12.1 Å². The van der Waals surface area contributed by atoms with Gasteiger partial charge in [0.05, 0.1) is 17.6 Å². The van der Waals surface area contributed by atoms with Crippen molar-refractivity contribution in [2.75, 3.05) is 6.61 Å². The molecule has 0 saturated heterocycles. The number of carbonyl (C=O) groups is 1. The van der Waals surface area contributed by atoms with Crippen LogP contribution in [-0.4, -0.2) is 17.3 Å². The summed E-state index contributed by atoms with van der Waals surface area (Å²) >= 11 is 4.55. The third kappa shape index (κ3) is 4.43. The first-order chi connectivity index (χ1) is 12.1. The van der Waals surface area contributed by atoms with E-state index in [1.807, 2.05) is 42.5 Å². The molecule has 4 heteroatoms. The fourth-order valence-electron chi connectivity index (χ4n) is 2.95. The summed E-state index contributed by atoms with van der Waals surface area (Å²) in [6.07, 6.45) is 3.79. The van der Waals surface area contributed by atoms with E-state index in [-0.39, 0.29) is 16.6 Å². The van der Waals surface area contributed by atoms with Crippen molar-refractivity contribution in [3.63, 3.8) is 0 Å². The molecule has 0 N–H and O–H groups in total. The molecule has 128 valence electrons. The van der Waals surface area contributed by atoms with Crippen molar-refractivity contribution in [2.24, 2.45) is 0 Å². The smallest absolute Gasteiger partial charge is 0.338 e. The molecule has 0 aliphatic heterocycles. The van der Waals surface area contributed by atoms with E-state index in [0.29, 0.717) is 18.6 Å². The predicted octanol–water partition coefficient (Wildman–Crippen LogP) is 4.55. The zero-order valence-electron chi connectivity index (χ0n) is 14.0. The Hall–Kier alpha value is -2.25. The van der Waals surface area contributed by atoms with Gasteiger partial charge in [-0.1, -0.05) is 48.9 Å². The van der Waals surface area contributed by atoms with Gasteiger partial charge in [-0.15, -0.1) is 0 Å². The van der Waals surface area contributed by atoms with Gasteiger partial charge in [0.1, 0.15) is 6.61 Å². The lowest BCUT2D eigenvalue weighted by Crippen LogP contribution is -2.36. The Bertz CT molecular complexity index is 761. The number of benzene rings is 2. The topological polar surface area (TPSA) is 50.1 Å². The zero-order chi connectivity index (χ0) is 17.7. The molecule has 0 bridgehead atoms. The maximum Gasteiger partial charge on any atom is 0.338 e. The molecule has 0 aromatic heterocycles. The molecule has 1 atom stereocenters. The average molecular weight is 351 g/mol. The summed E-state index contributed by atoms with van der Waals surface area (Å²) in [5, 5.41) is 9.48. The van der Waals surface area contributed by atoms with Gasteiger partial charge in [0.25, 0.3) is 0 Å². The fraction of sp³-hybridized carbons (Fsp3) is 0.333. The normalized spacial score (nSPS) is 16.3. The molecule has 2 aromatic carbocycles. The summed E-state index contributed by atoms with van der Waals surface area (Å²) < 4.78 is 5.24. The predicted molar refractivity (Wildman–Crippen MR) is 101 cm³/mol. The van der Waals surface area contributed by atoms with Gasteiger partial charge in [-0.3, -0.25) is 0 Å². The van der Waals surface area contributed by atoms with E-state index < -0.39 is 0 Å². The van der Waals surface area contributed by atoms with Crippen molar-refractivity contribution in [3.8, 4) is 6.07 Å². The minimum atomic E-state index is -0.330. The van der Waals surface area contributed by atoms with E-state index in [9.17, 15) is 10.1 Å². The largest absolute Gasteiger partial charge is 0.461 e. The van der Waals surface area contributed by atoms with Crippen LogP contribution in [0.5, 0.6) is 0 Å². The standard InChI is InChI=1S/C21H21NO2S/c22-14-19(13-16-5-2-1-3-6-16)17-7-9-18(10-8-17)20(23)24-15-21(25)11-4-12-21/h1-3,5-10,19,25H,4,11-13,15H2. The highest BCUT2D eigenvalue weighted by Gasteiger charge is 2.34. The summed E-state index contributed by atoms with van der Waals surface area (Å²) in [5.74, 6) is -0.563. The summed E-state index contributed by atoms with van der Waals surface area (Å²) in [6, 6.07) is 19.4. The van der Waals surface area contributed by atoms with Crippen molar-refractivity contribution in [2.45, 2.75) is 36.3 Å². The van der Waals surface area contributed by atoms with Gasteiger partial charge in [-0.2, -0.15) is 17.9 Å². The van der Waals surface area contributed by atoms with Crippen LogP contribution in [0.3, 0.4) is 0 Å². The van der Waals surface area contributed by atoms with Crippen molar-refractivity contribution < 1.29 is 9.53 Å². The van der Waals surface area contributed by atoms with Crippen LogP contribution in [0.2, 0.25) is 0 Å². The molecule has 0 amide bonds. The number of hydrogen-bond donors (Lipinski definition) is 1. The highest BCUT2D eigenvalue weighted by molar-refractivity contribution is 7.81. The fourth-order valence-corrected chi connectivity index (χ4v) is 3.33. The number of nitrogens with zero attached hydrogens (tertiary/aromatic N) is 1. The van der Waals surface area contributed by atoms with Gasteiger partial charge < -0.3 is 4.74 Å². The van der Waals surface area contributed by atoms with Gasteiger partial charge in [0.15, 0.2) is 0 Å². The number of ether oxygens (including phenoxy) is 1. The number of esters is 1.